The average Bonchev–Trinajstić information content (AvgIpc) is 2.32. The van der Waals surface area contributed by atoms with E-state index in [0.29, 0.717) is 0 Å². The molecule has 0 aliphatic heterocycles. The zero-order valence-electron chi connectivity index (χ0n) is 9.72. The Morgan fingerprint density at radius 1 is 1.11 bits per heavy atom. The van der Waals surface area contributed by atoms with Crippen molar-refractivity contribution in [3.63, 3.8) is 0 Å². The molecule has 19 heavy (non-hydrogen) atoms. The van der Waals surface area contributed by atoms with Gasteiger partial charge in [-0.25, -0.2) is 4.39 Å². The van der Waals surface area contributed by atoms with Crippen LogP contribution in [0.4, 0.5) is 15.8 Å². The third kappa shape index (κ3) is 2.92. The maximum atomic E-state index is 13.0. The molecule has 1 amide bonds. The Hall–Kier alpha value is -2.76. The van der Waals surface area contributed by atoms with E-state index in [4.69, 9.17) is 5.73 Å². The highest BCUT2D eigenvalue weighted by Crippen LogP contribution is 2.23. The Kier molecular flexibility index (Phi) is 3.24. The van der Waals surface area contributed by atoms with Gasteiger partial charge in [-0.05, 0) is 30.3 Å². The van der Waals surface area contributed by atoms with Crippen molar-refractivity contribution in [3.8, 4) is 11.5 Å². The third-order valence-corrected chi connectivity index (χ3v) is 2.43. The van der Waals surface area contributed by atoms with Crippen molar-refractivity contribution in [1.29, 1.82) is 0 Å². The zero-order chi connectivity index (χ0) is 14.0. The van der Waals surface area contributed by atoms with Gasteiger partial charge in [0.15, 0.2) is 0 Å². The van der Waals surface area contributed by atoms with Crippen LogP contribution >= 0.6 is 0 Å². The molecule has 0 radical (unpaired) electrons. The van der Waals surface area contributed by atoms with Crippen LogP contribution in [0.3, 0.4) is 0 Å². The summed E-state index contributed by atoms with van der Waals surface area (Å²) in [5.74, 6) is -1.67. The van der Waals surface area contributed by atoms with Crippen molar-refractivity contribution in [2.75, 3.05) is 11.1 Å². The molecule has 0 aliphatic rings. The summed E-state index contributed by atoms with van der Waals surface area (Å²) in [4.78, 5) is 11.9. The maximum absolute atomic E-state index is 13.0. The minimum atomic E-state index is -0.622. The molecule has 2 rings (SSSR count). The molecule has 0 fully saturated rings. The summed E-state index contributed by atoms with van der Waals surface area (Å²) in [6.45, 7) is 0. The topological polar surface area (TPSA) is 95.6 Å². The van der Waals surface area contributed by atoms with Crippen LogP contribution in [0.2, 0.25) is 0 Å². The number of amides is 1. The van der Waals surface area contributed by atoms with Gasteiger partial charge in [0.25, 0.3) is 5.91 Å². The van der Waals surface area contributed by atoms with E-state index in [1.807, 2.05) is 0 Å². The van der Waals surface area contributed by atoms with Crippen molar-refractivity contribution in [1.82, 2.24) is 0 Å². The first-order chi connectivity index (χ1) is 8.95. The van der Waals surface area contributed by atoms with Gasteiger partial charge in [0.2, 0.25) is 0 Å². The molecule has 0 saturated heterocycles. The van der Waals surface area contributed by atoms with Crippen LogP contribution in [-0.4, -0.2) is 16.1 Å². The molecule has 2 aromatic carbocycles. The second kappa shape index (κ2) is 4.85. The zero-order valence-corrected chi connectivity index (χ0v) is 9.72. The van der Waals surface area contributed by atoms with E-state index in [9.17, 15) is 19.4 Å². The summed E-state index contributed by atoms with van der Waals surface area (Å²) in [6, 6.07) is 7.01. The normalized spacial score (nSPS) is 10.2. The molecule has 5 N–H and O–H groups in total. The van der Waals surface area contributed by atoms with Crippen LogP contribution in [0.15, 0.2) is 36.4 Å². The van der Waals surface area contributed by atoms with E-state index in [2.05, 4.69) is 5.32 Å². The van der Waals surface area contributed by atoms with Gasteiger partial charge in [0.1, 0.15) is 17.3 Å². The van der Waals surface area contributed by atoms with Gasteiger partial charge in [-0.3, -0.25) is 4.79 Å². The Morgan fingerprint density at radius 3 is 2.37 bits per heavy atom. The van der Waals surface area contributed by atoms with Crippen LogP contribution in [0, 0.1) is 5.82 Å². The second-order valence-electron chi connectivity index (χ2n) is 3.92. The molecule has 0 saturated carbocycles. The predicted molar refractivity (Wildman–Crippen MR) is 68.5 cm³/mol. The number of nitrogens with two attached hydrogens (primary N) is 1. The van der Waals surface area contributed by atoms with E-state index in [0.717, 1.165) is 12.1 Å². The maximum Gasteiger partial charge on any atom is 0.255 e. The number of rotatable bonds is 2. The van der Waals surface area contributed by atoms with Gasteiger partial charge in [0.05, 0.1) is 11.4 Å². The number of hydrogen-bond donors (Lipinski definition) is 4. The standard InChI is InChI=1S/C13H11FN2O3/c14-8-1-2-11(15)12(5-8)16-13(19)7-3-9(17)6-10(18)4-7/h1-6,17-18H,15H2,(H,16,19). The molecule has 2 aromatic rings. The van der Waals surface area contributed by atoms with Crippen molar-refractivity contribution in [2.45, 2.75) is 0 Å². The SMILES string of the molecule is Nc1ccc(F)cc1NC(=O)c1cc(O)cc(O)c1. The summed E-state index contributed by atoms with van der Waals surface area (Å²) in [6.07, 6.45) is 0. The summed E-state index contributed by atoms with van der Waals surface area (Å²) >= 11 is 0. The van der Waals surface area contributed by atoms with Gasteiger partial charge in [-0.2, -0.15) is 0 Å². The van der Waals surface area contributed by atoms with Crippen LogP contribution < -0.4 is 11.1 Å². The highest BCUT2D eigenvalue weighted by molar-refractivity contribution is 6.06. The molecular weight excluding hydrogens is 251 g/mol. The monoisotopic (exact) mass is 262 g/mol. The average molecular weight is 262 g/mol. The molecule has 0 unspecified atom stereocenters. The Bertz CT molecular complexity index is 624. The Morgan fingerprint density at radius 2 is 1.74 bits per heavy atom. The lowest BCUT2D eigenvalue weighted by atomic mass is 10.1. The quantitative estimate of drug-likeness (QED) is 0.623. The number of anilines is 2. The van der Waals surface area contributed by atoms with Crippen molar-refractivity contribution < 1.29 is 19.4 Å². The molecule has 0 heterocycles. The van der Waals surface area contributed by atoms with Gasteiger partial charge < -0.3 is 21.3 Å². The largest absolute Gasteiger partial charge is 0.508 e. The highest BCUT2D eigenvalue weighted by atomic mass is 19.1. The number of benzene rings is 2. The second-order valence-corrected chi connectivity index (χ2v) is 3.92. The van der Waals surface area contributed by atoms with Crippen LogP contribution in [0.25, 0.3) is 0 Å². The number of carbonyl (C=O) groups is 1. The lowest BCUT2D eigenvalue weighted by Crippen LogP contribution is -2.13. The van der Waals surface area contributed by atoms with E-state index < -0.39 is 11.7 Å². The summed E-state index contributed by atoms with van der Waals surface area (Å²) < 4.78 is 13.0. The van der Waals surface area contributed by atoms with Gasteiger partial charge in [-0.15, -0.1) is 0 Å². The van der Waals surface area contributed by atoms with Crippen molar-refractivity contribution >= 4 is 17.3 Å². The fraction of sp³-hybridized carbons (Fsp3) is 0. The van der Waals surface area contributed by atoms with Gasteiger partial charge >= 0.3 is 0 Å². The number of nitrogens with one attached hydrogen (secondary N) is 1. The lowest BCUT2D eigenvalue weighted by molar-refractivity contribution is 0.102. The first-order valence-electron chi connectivity index (χ1n) is 5.35. The molecule has 0 spiro atoms. The molecule has 0 aromatic heterocycles. The fourth-order valence-electron chi connectivity index (χ4n) is 1.56. The number of carbonyl (C=O) groups excluding carboxylic acids is 1. The van der Waals surface area contributed by atoms with Gasteiger partial charge in [-0.1, -0.05) is 0 Å². The van der Waals surface area contributed by atoms with E-state index in [1.165, 1.54) is 24.3 Å². The Labute approximate surface area is 108 Å². The van der Waals surface area contributed by atoms with Crippen molar-refractivity contribution in [3.05, 3.63) is 47.8 Å². The minimum absolute atomic E-state index is 0.0289. The molecular formula is C13H11FN2O3. The van der Waals surface area contributed by atoms with E-state index >= 15 is 0 Å². The van der Waals surface area contributed by atoms with Crippen molar-refractivity contribution in [2.24, 2.45) is 0 Å². The number of aromatic hydroxyl groups is 2. The molecule has 98 valence electrons. The first-order valence-corrected chi connectivity index (χ1v) is 5.35. The number of hydrogen-bond acceptors (Lipinski definition) is 4. The fourth-order valence-corrected chi connectivity index (χ4v) is 1.56. The Balaban J connectivity index is 2.28. The number of halogens is 1. The predicted octanol–water partition coefficient (Wildman–Crippen LogP) is 2.07. The van der Waals surface area contributed by atoms with Gasteiger partial charge in [0, 0.05) is 11.6 Å². The molecule has 0 atom stereocenters. The highest BCUT2D eigenvalue weighted by Gasteiger charge is 2.11. The van der Waals surface area contributed by atoms with Crippen LogP contribution in [0.5, 0.6) is 11.5 Å². The minimum Gasteiger partial charge on any atom is -0.508 e. The smallest absolute Gasteiger partial charge is 0.255 e. The summed E-state index contributed by atoms with van der Waals surface area (Å²) in [7, 11) is 0. The van der Waals surface area contributed by atoms with Crippen LogP contribution in [-0.2, 0) is 0 Å². The lowest BCUT2D eigenvalue weighted by Gasteiger charge is -2.08. The molecule has 6 heteroatoms. The van der Waals surface area contributed by atoms with Crippen LogP contribution in [0.1, 0.15) is 10.4 Å². The van der Waals surface area contributed by atoms with E-state index in [1.54, 1.807) is 0 Å². The first kappa shape index (κ1) is 12.7. The summed E-state index contributed by atoms with van der Waals surface area (Å²) in [5.41, 5.74) is 5.95. The molecule has 5 nitrogen and oxygen atoms in total. The van der Waals surface area contributed by atoms with E-state index in [-0.39, 0.29) is 28.4 Å². The molecule has 0 bridgehead atoms. The number of phenols is 2. The summed E-state index contributed by atoms with van der Waals surface area (Å²) in [5, 5.41) is 21.0. The number of phenolic OH excluding ortho intramolecular Hbond substituents is 2. The third-order valence-electron chi connectivity index (χ3n) is 2.43. The number of nitrogen functional groups attached to an aromatic ring is 1. The molecule has 0 aliphatic carbocycles.